The molecule has 0 heterocycles. The zero-order valence-electron chi connectivity index (χ0n) is 14.1. The van der Waals surface area contributed by atoms with Crippen LogP contribution in [0, 0.1) is 13.8 Å². The van der Waals surface area contributed by atoms with Gasteiger partial charge in [-0.05, 0) is 42.7 Å². The lowest BCUT2D eigenvalue weighted by molar-refractivity contribution is -0.124. The number of rotatable bonds is 6. The smallest absolute Gasteiger partial charge is 0.338 e. The highest BCUT2D eigenvalue weighted by Gasteiger charge is 2.12. The molecule has 1 amide bonds. The van der Waals surface area contributed by atoms with Gasteiger partial charge in [-0.25, -0.2) is 4.79 Å². The number of methoxy groups -OCH3 is 1. The number of nitrogens with one attached hydrogen (secondary N) is 1. The molecule has 126 valence electrons. The first kappa shape index (κ1) is 17.5. The van der Waals surface area contributed by atoms with Crippen molar-refractivity contribution in [1.82, 2.24) is 5.32 Å². The van der Waals surface area contributed by atoms with E-state index >= 15 is 0 Å². The summed E-state index contributed by atoms with van der Waals surface area (Å²) in [6.45, 7) is 3.95. The minimum Gasteiger partial charge on any atom is -0.496 e. The fraction of sp³-hybridized carbons (Fsp3) is 0.263. The molecule has 1 N–H and O–H groups in total. The van der Waals surface area contributed by atoms with Crippen LogP contribution in [0.3, 0.4) is 0 Å². The van der Waals surface area contributed by atoms with Gasteiger partial charge in [0.05, 0.1) is 12.7 Å². The molecule has 0 saturated heterocycles. The van der Waals surface area contributed by atoms with Crippen molar-refractivity contribution < 1.29 is 19.1 Å². The molecule has 2 aromatic rings. The third-order valence-electron chi connectivity index (χ3n) is 3.72. The maximum Gasteiger partial charge on any atom is 0.338 e. The molecule has 0 spiro atoms. The lowest BCUT2D eigenvalue weighted by atomic mass is 10.1. The molecule has 0 aromatic heterocycles. The van der Waals surface area contributed by atoms with Crippen LogP contribution in [0.4, 0.5) is 0 Å². The van der Waals surface area contributed by atoms with Crippen LogP contribution in [0.1, 0.15) is 27.0 Å². The van der Waals surface area contributed by atoms with Crippen molar-refractivity contribution in [3.05, 3.63) is 64.7 Å². The molecule has 5 heteroatoms. The van der Waals surface area contributed by atoms with Crippen LogP contribution < -0.4 is 10.1 Å². The molecule has 0 aliphatic heterocycles. The zero-order chi connectivity index (χ0) is 17.5. The molecule has 0 atom stereocenters. The topological polar surface area (TPSA) is 64.6 Å². The lowest BCUT2D eigenvalue weighted by Crippen LogP contribution is -2.28. The Morgan fingerprint density at radius 3 is 2.50 bits per heavy atom. The van der Waals surface area contributed by atoms with Crippen LogP contribution in [0.25, 0.3) is 0 Å². The van der Waals surface area contributed by atoms with E-state index in [9.17, 15) is 9.59 Å². The molecule has 0 bridgehead atoms. The summed E-state index contributed by atoms with van der Waals surface area (Å²) in [4.78, 5) is 23.8. The second-order valence-corrected chi connectivity index (χ2v) is 5.46. The molecule has 0 saturated carbocycles. The Bertz CT molecular complexity index is 740. The Hall–Kier alpha value is -2.82. The molecule has 24 heavy (non-hydrogen) atoms. The van der Waals surface area contributed by atoms with E-state index in [2.05, 4.69) is 5.32 Å². The summed E-state index contributed by atoms with van der Waals surface area (Å²) in [6, 6.07) is 12.8. The lowest BCUT2D eigenvalue weighted by Gasteiger charge is -2.09. The van der Waals surface area contributed by atoms with Gasteiger partial charge in [0.1, 0.15) is 5.75 Å². The van der Waals surface area contributed by atoms with Crippen molar-refractivity contribution in [2.75, 3.05) is 13.7 Å². The number of ether oxygens (including phenoxy) is 2. The van der Waals surface area contributed by atoms with E-state index in [1.54, 1.807) is 18.2 Å². The Morgan fingerprint density at radius 2 is 1.79 bits per heavy atom. The molecular formula is C19H21NO4. The van der Waals surface area contributed by atoms with E-state index in [1.807, 2.05) is 38.1 Å². The average Bonchev–Trinajstić information content (AvgIpc) is 2.59. The number of amides is 1. The highest BCUT2D eigenvalue weighted by atomic mass is 16.5. The number of aryl methyl sites for hydroxylation is 2. The molecule has 0 radical (unpaired) electrons. The number of esters is 1. The van der Waals surface area contributed by atoms with E-state index in [-0.39, 0.29) is 12.5 Å². The van der Waals surface area contributed by atoms with Crippen molar-refractivity contribution in [1.29, 1.82) is 0 Å². The maximum absolute atomic E-state index is 12.0. The molecular weight excluding hydrogens is 306 g/mol. The SMILES string of the molecule is COc1cc(C(=O)OCC(=O)NCc2ccccc2C)ccc1C. The largest absolute Gasteiger partial charge is 0.496 e. The summed E-state index contributed by atoms with van der Waals surface area (Å²) in [5.41, 5.74) is 3.40. The molecule has 2 aromatic carbocycles. The van der Waals surface area contributed by atoms with E-state index in [0.717, 1.165) is 16.7 Å². The van der Waals surface area contributed by atoms with Gasteiger partial charge in [0.25, 0.3) is 5.91 Å². The molecule has 0 aliphatic rings. The highest BCUT2D eigenvalue weighted by molar-refractivity contribution is 5.91. The molecule has 2 rings (SSSR count). The predicted molar refractivity (Wildman–Crippen MR) is 91.0 cm³/mol. The first-order valence-electron chi connectivity index (χ1n) is 7.64. The third-order valence-corrected chi connectivity index (χ3v) is 3.72. The minimum atomic E-state index is -0.556. The molecule has 0 fully saturated rings. The summed E-state index contributed by atoms with van der Waals surface area (Å²) >= 11 is 0. The van der Waals surface area contributed by atoms with Gasteiger partial charge in [0.15, 0.2) is 6.61 Å². The van der Waals surface area contributed by atoms with Crippen molar-refractivity contribution in [3.8, 4) is 5.75 Å². The standard InChI is InChI=1S/C19H21NO4/c1-13-6-4-5-7-16(13)11-20-18(21)12-24-19(22)15-9-8-14(2)17(10-15)23-3/h4-10H,11-12H2,1-3H3,(H,20,21). The number of hydrogen-bond acceptors (Lipinski definition) is 4. The van der Waals surface area contributed by atoms with E-state index in [1.165, 1.54) is 7.11 Å². The molecule has 0 unspecified atom stereocenters. The van der Waals surface area contributed by atoms with Gasteiger partial charge in [-0.1, -0.05) is 30.3 Å². The van der Waals surface area contributed by atoms with Crippen molar-refractivity contribution in [2.45, 2.75) is 20.4 Å². The first-order valence-corrected chi connectivity index (χ1v) is 7.64. The van der Waals surface area contributed by atoms with Crippen LogP contribution in [0.5, 0.6) is 5.75 Å². The average molecular weight is 327 g/mol. The quantitative estimate of drug-likeness (QED) is 0.829. The van der Waals surface area contributed by atoms with E-state index in [4.69, 9.17) is 9.47 Å². The van der Waals surface area contributed by atoms with Gasteiger partial charge in [-0.15, -0.1) is 0 Å². The monoisotopic (exact) mass is 327 g/mol. The van der Waals surface area contributed by atoms with Gasteiger partial charge >= 0.3 is 5.97 Å². The fourth-order valence-corrected chi connectivity index (χ4v) is 2.21. The summed E-state index contributed by atoms with van der Waals surface area (Å²) in [5, 5.41) is 2.74. The van der Waals surface area contributed by atoms with Crippen molar-refractivity contribution in [3.63, 3.8) is 0 Å². The molecule has 5 nitrogen and oxygen atoms in total. The van der Waals surface area contributed by atoms with Gasteiger partial charge in [0, 0.05) is 6.54 Å². The van der Waals surface area contributed by atoms with Gasteiger partial charge in [-0.3, -0.25) is 4.79 Å². The second-order valence-electron chi connectivity index (χ2n) is 5.46. The normalized spacial score (nSPS) is 10.1. The Morgan fingerprint density at radius 1 is 1.04 bits per heavy atom. The highest BCUT2D eigenvalue weighted by Crippen LogP contribution is 2.19. The summed E-state index contributed by atoms with van der Waals surface area (Å²) in [7, 11) is 1.54. The maximum atomic E-state index is 12.0. The second kappa shape index (κ2) is 8.15. The van der Waals surface area contributed by atoms with Crippen LogP contribution in [0.15, 0.2) is 42.5 Å². The Kier molecular flexibility index (Phi) is 5.95. The Labute approximate surface area is 141 Å². The van der Waals surface area contributed by atoms with Crippen LogP contribution in [-0.2, 0) is 16.1 Å². The number of carbonyl (C=O) groups is 2. The van der Waals surface area contributed by atoms with Gasteiger partial charge in [0.2, 0.25) is 0 Å². The minimum absolute atomic E-state index is 0.319. The van der Waals surface area contributed by atoms with Crippen LogP contribution in [-0.4, -0.2) is 25.6 Å². The van der Waals surface area contributed by atoms with Crippen LogP contribution >= 0.6 is 0 Å². The molecule has 0 aliphatic carbocycles. The summed E-state index contributed by atoms with van der Waals surface area (Å²) in [5.74, 6) is -0.293. The zero-order valence-corrected chi connectivity index (χ0v) is 14.1. The summed E-state index contributed by atoms with van der Waals surface area (Å²) < 4.78 is 10.2. The number of hydrogen-bond donors (Lipinski definition) is 1. The van der Waals surface area contributed by atoms with Gasteiger partial charge in [-0.2, -0.15) is 0 Å². The third kappa shape index (κ3) is 4.59. The predicted octanol–water partition coefficient (Wildman–Crippen LogP) is 2.79. The van der Waals surface area contributed by atoms with Gasteiger partial charge < -0.3 is 14.8 Å². The number of carbonyl (C=O) groups excluding carboxylic acids is 2. The van der Waals surface area contributed by atoms with Crippen molar-refractivity contribution in [2.24, 2.45) is 0 Å². The van der Waals surface area contributed by atoms with E-state index in [0.29, 0.717) is 17.9 Å². The first-order chi connectivity index (χ1) is 11.5. The number of benzene rings is 2. The Balaban J connectivity index is 1.85. The van der Waals surface area contributed by atoms with E-state index < -0.39 is 5.97 Å². The van der Waals surface area contributed by atoms with Crippen LogP contribution in [0.2, 0.25) is 0 Å². The van der Waals surface area contributed by atoms with Crippen molar-refractivity contribution >= 4 is 11.9 Å². The summed E-state index contributed by atoms with van der Waals surface area (Å²) in [6.07, 6.45) is 0. The fourth-order valence-electron chi connectivity index (χ4n) is 2.21.